The maximum atomic E-state index is 14.0. The Bertz CT molecular complexity index is 1960. The molecule has 8 rings (SSSR count). The monoisotopic (exact) mass is 822 g/mol. The summed E-state index contributed by atoms with van der Waals surface area (Å²) in [6.07, 6.45) is 8.40. The van der Waals surface area contributed by atoms with Crippen LogP contribution in [-0.2, 0) is 28.5 Å². The molecule has 60 heavy (non-hydrogen) atoms. The average molecular weight is 823 g/mol. The van der Waals surface area contributed by atoms with Gasteiger partial charge >= 0.3 is 12.2 Å². The number of H-pyrrole nitrogens is 2. The Hall–Kier alpha value is -5.74. The highest BCUT2D eigenvalue weighted by Crippen LogP contribution is 2.36. The first kappa shape index (κ1) is 41.0. The van der Waals surface area contributed by atoms with E-state index < -0.39 is 24.3 Å². The smallest absolute Gasteiger partial charge is 0.407 e. The molecule has 2 aromatic heterocycles. The van der Waals surface area contributed by atoms with Crippen LogP contribution in [0, 0.1) is 11.8 Å². The minimum Gasteiger partial charge on any atom is -0.453 e. The molecule has 6 heterocycles. The van der Waals surface area contributed by atoms with E-state index in [-0.39, 0.29) is 35.7 Å². The fourth-order valence-corrected chi connectivity index (χ4v) is 9.21. The third kappa shape index (κ3) is 8.89. The van der Waals surface area contributed by atoms with E-state index in [0.29, 0.717) is 65.2 Å². The number of nitrogens with zero attached hydrogens (tertiary/aromatic N) is 4. The van der Waals surface area contributed by atoms with Gasteiger partial charge in [-0.3, -0.25) is 9.59 Å². The lowest BCUT2D eigenvalue weighted by Crippen LogP contribution is -2.53. The first-order chi connectivity index (χ1) is 29.3. The van der Waals surface area contributed by atoms with Crippen LogP contribution in [0.3, 0.4) is 0 Å². The Morgan fingerprint density at radius 1 is 0.600 bits per heavy atom. The molecular weight excluding hydrogens is 769 g/mol. The lowest BCUT2D eigenvalue weighted by molar-refractivity contribution is -0.137. The molecule has 4 N–H and O–H groups in total. The van der Waals surface area contributed by atoms with Gasteiger partial charge in [-0.15, -0.1) is 0 Å². The van der Waals surface area contributed by atoms with Gasteiger partial charge in [0.15, 0.2) is 0 Å². The molecule has 16 heteroatoms. The van der Waals surface area contributed by atoms with Crippen molar-refractivity contribution in [3.05, 3.63) is 72.6 Å². The third-order valence-corrected chi connectivity index (χ3v) is 12.5. The molecule has 0 aliphatic carbocycles. The highest BCUT2D eigenvalue weighted by atomic mass is 16.5. The molecule has 4 atom stereocenters. The van der Waals surface area contributed by atoms with Crippen LogP contribution in [-0.4, -0.2) is 120 Å². The van der Waals surface area contributed by atoms with Crippen molar-refractivity contribution in [2.45, 2.75) is 75.5 Å². The number of hydrogen-bond acceptors (Lipinski definition) is 10. The van der Waals surface area contributed by atoms with Crippen molar-refractivity contribution in [3.8, 4) is 33.6 Å². The van der Waals surface area contributed by atoms with Gasteiger partial charge in [-0.25, -0.2) is 19.6 Å². The number of benzene rings is 2. The van der Waals surface area contributed by atoms with Gasteiger partial charge in [0, 0.05) is 39.5 Å². The molecular formula is C44H54N8O8. The minimum absolute atomic E-state index is 0.0284. The summed E-state index contributed by atoms with van der Waals surface area (Å²) in [6, 6.07) is 14.7. The quantitative estimate of drug-likeness (QED) is 0.145. The number of methoxy groups -OCH3 is 2. The topological polar surface area (TPSA) is 193 Å². The first-order valence-electron chi connectivity index (χ1n) is 21.1. The van der Waals surface area contributed by atoms with Crippen LogP contribution in [0.4, 0.5) is 9.59 Å². The summed E-state index contributed by atoms with van der Waals surface area (Å²) in [7, 11) is 2.61. The lowest BCUT2D eigenvalue weighted by atomic mass is 9.90. The average Bonchev–Trinajstić information content (AvgIpc) is 4.15. The van der Waals surface area contributed by atoms with Gasteiger partial charge in [-0.05, 0) is 85.5 Å². The van der Waals surface area contributed by atoms with Crippen molar-refractivity contribution in [2.75, 3.05) is 53.7 Å². The number of alkyl carbamates (subject to hydrolysis) is 2. The van der Waals surface area contributed by atoms with E-state index in [4.69, 9.17) is 28.9 Å². The summed E-state index contributed by atoms with van der Waals surface area (Å²) in [5.74, 6) is 1.16. The van der Waals surface area contributed by atoms with Crippen molar-refractivity contribution in [3.63, 3.8) is 0 Å². The maximum absolute atomic E-state index is 14.0. The van der Waals surface area contributed by atoms with Crippen LogP contribution in [0.5, 0.6) is 0 Å². The summed E-state index contributed by atoms with van der Waals surface area (Å²) in [4.78, 5) is 72.5. The largest absolute Gasteiger partial charge is 0.453 e. The number of carbonyl (C=O) groups excluding carboxylic acids is 4. The fraction of sp³-hybridized carbons (Fsp3) is 0.500. The van der Waals surface area contributed by atoms with Gasteiger partial charge in [0.1, 0.15) is 23.7 Å². The van der Waals surface area contributed by atoms with E-state index in [2.05, 4.69) is 69.1 Å². The van der Waals surface area contributed by atoms with Gasteiger partial charge in [-0.1, -0.05) is 48.5 Å². The molecule has 0 bridgehead atoms. The number of ether oxygens (including phenoxy) is 4. The zero-order chi connectivity index (χ0) is 41.6. The molecule has 0 spiro atoms. The lowest BCUT2D eigenvalue weighted by Gasteiger charge is -2.34. The van der Waals surface area contributed by atoms with Crippen LogP contribution in [0.1, 0.15) is 75.1 Å². The molecule has 318 valence electrons. The van der Waals surface area contributed by atoms with Gasteiger partial charge in [0.05, 0.1) is 50.1 Å². The standard InChI is InChI=1S/C44H54N8O8/c1-57-43(55)49-37(31-15-21-59-22-16-31)41(53)51-19-3-5-35(51)39-45-25-33(47-39)29-11-7-27(8-12-29)28-9-13-30(14-10-28)34-26-46-40(48-34)36-6-4-20-52(36)42(54)38(50-44(56)58-2)32-17-23-60-24-18-32/h7-14,25-26,31-32,35-38H,3-6,15-24H2,1-2H3,(H,45,47)(H,46,48)(H,49,55)(H,50,56)/t35-,36?,37?,38?/m0/s1. The van der Waals surface area contributed by atoms with Gasteiger partial charge in [0.2, 0.25) is 11.8 Å². The number of aromatic amines is 2. The minimum atomic E-state index is -0.685. The Balaban J connectivity index is 0.913. The van der Waals surface area contributed by atoms with Gasteiger partial charge < -0.3 is 49.3 Å². The normalized spacial score (nSPS) is 21.0. The fourth-order valence-electron chi connectivity index (χ4n) is 9.21. The predicted octanol–water partition coefficient (Wildman–Crippen LogP) is 5.76. The van der Waals surface area contributed by atoms with Crippen molar-refractivity contribution >= 4 is 24.0 Å². The summed E-state index contributed by atoms with van der Waals surface area (Å²) in [6.45, 7) is 3.41. The molecule has 4 fully saturated rings. The van der Waals surface area contributed by atoms with Crippen LogP contribution in [0.25, 0.3) is 33.6 Å². The third-order valence-electron chi connectivity index (χ3n) is 12.5. The van der Waals surface area contributed by atoms with E-state index >= 15 is 0 Å². The Morgan fingerprint density at radius 3 is 1.33 bits per heavy atom. The summed E-state index contributed by atoms with van der Waals surface area (Å²) >= 11 is 0. The van der Waals surface area contributed by atoms with Crippen molar-refractivity contribution in [1.82, 2.24) is 40.4 Å². The van der Waals surface area contributed by atoms with Crippen molar-refractivity contribution in [2.24, 2.45) is 11.8 Å². The Kier molecular flexibility index (Phi) is 12.8. The van der Waals surface area contributed by atoms with Crippen LogP contribution in [0.15, 0.2) is 60.9 Å². The number of nitrogens with one attached hydrogen (secondary N) is 4. The molecule has 0 radical (unpaired) electrons. The second-order valence-corrected chi connectivity index (χ2v) is 16.0. The molecule has 4 aliphatic rings. The molecule has 4 aliphatic heterocycles. The molecule has 4 saturated heterocycles. The number of carbonyl (C=O) groups is 4. The van der Waals surface area contributed by atoms with Crippen LogP contribution < -0.4 is 10.6 Å². The SMILES string of the molecule is COC(=O)NC(C(=O)N1CCCC1c1ncc(-c2ccc(-c3ccc(-c4cnc([C@@H]5CCCN5C(=O)C(NC(=O)OC)C5CCOCC5)[nH]4)cc3)cc2)[nH]1)C1CCOCC1. The Morgan fingerprint density at radius 2 is 0.967 bits per heavy atom. The molecule has 4 aromatic rings. The number of likely N-dealkylation sites (tertiary alicyclic amines) is 2. The number of rotatable bonds is 11. The van der Waals surface area contributed by atoms with Gasteiger partial charge in [0.25, 0.3) is 0 Å². The zero-order valence-electron chi connectivity index (χ0n) is 34.2. The molecule has 4 amide bonds. The molecule has 3 unspecified atom stereocenters. The molecule has 16 nitrogen and oxygen atoms in total. The summed E-state index contributed by atoms with van der Waals surface area (Å²) < 4.78 is 20.8. The van der Waals surface area contributed by atoms with Crippen molar-refractivity contribution in [1.29, 1.82) is 0 Å². The zero-order valence-corrected chi connectivity index (χ0v) is 34.2. The first-order valence-corrected chi connectivity index (χ1v) is 21.1. The highest BCUT2D eigenvalue weighted by molar-refractivity contribution is 5.87. The van der Waals surface area contributed by atoms with Crippen LogP contribution in [0.2, 0.25) is 0 Å². The van der Waals surface area contributed by atoms with Crippen molar-refractivity contribution < 1.29 is 38.1 Å². The molecule has 2 aromatic carbocycles. The Labute approximate surface area is 349 Å². The van der Waals surface area contributed by atoms with Gasteiger partial charge in [-0.2, -0.15) is 0 Å². The van der Waals surface area contributed by atoms with E-state index in [1.165, 1.54) is 14.2 Å². The summed E-state index contributed by atoms with van der Waals surface area (Å²) in [5.41, 5.74) is 5.77. The van der Waals surface area contributed by atoms with E-state index in [0.717, 1.165) is 71.0 Å². The summed E-state index contributed by atoms with van der Waals surface area (Å²) in [5, 5.41) is 5.62. The second kappa shape index (κ2) is 18.7. The highest BCUT2D eigenvalue weighted by Gasteiger charge is 2.41. The number of hydrogen-bond donors (Lipinski definition) is 4. The number of aromatic nitrogens is 4. The number of amides is 4. The van der Waals surface area contributed by atoms with Crippen LogP contribution >= 0.6 is 0 Å². The van der Waals surface area contributed by atoms with E-state index in [1.54, 1.807) is 0 Å². The van der Waals surface area contributed by atoms with E-state index in [9.17, 15) is 19.2 Å². The number of imidazole rings is 2. The predicted molar refractivity (Wildman–Crippen MR) is 220 cm³/mol. The molecule has 0 saturated carbocycles. The maximum Gasteiger partial charge on any atom is 0.407 e. The van der Waals surface area contributed by atoms with E-state index in [1.807, 2.05) is 22.2 Å². The second-order valence-electron chi connectivity index (χ2n) is 16.0.